The van der Waals surface area contributed by atoms with Gasteiger partial charge in [-0.3, -0.25) is 9.48 Å². The molecule has 0 bridgehead atoms. The highest BCUT2D eigenvalue weighted by Crippen LogP contribution is 2.22. The van der Waals surface area contributed by atoms with Gasteiger partial charge in [-0.05, 0) is 12.3 Å². The van der Waals surface area contributed by atoms with Gasteiger partial charge in [-0.25, -0.2) is 4.98 Å². The minimum atomic E-state index is -0.168. The van der Waals surface area contributed by atoms with Crippen molar-refractivity contribution < 1.29 is 9.53 Å². The molecule has 1 amide bonds. The summed E-state index contributed by atoms with van der Waals surface area (Å²) < 4.78 is 7.18. The number of nitrogens with one attached hydrogen (secondary N) is 1. The van der Waals surface area contributed by atoms with E-state index in [0.717, 1.165) is 23.6 Å². The summed E-state index contributed by atoms with van der Waals surface area (Å²) in [5.74, 6) is 0.467. The lowest BCUT2D eigenvalue weighted by molar-refractivity contribution is 0.0902. The molecule has 2 rings (SSSR count). The maximum Gasteiger partial charge on any atom is 0.270 e. The molecular formula is C15H22N4O2S. The Morgan fingerprint density at radius 1 is 1.45 bits per heavy atom. The Bertz CT molecular complexity index is 606. The van der Waals surface area contributed by atoms with E-state index >= 15 is 0 Å². The molecule has 2 aromatic heterocycles. The molecule has 2 heterocycles. The van der Waals surface area contributed by atoms with Gasteiger partial charge in [0.2, 0.25) is 0 Å². The molecular weight excluding hydrogens is 300 g/mol. The van der Waals surface area contributed by atoms with Crippen molar-refractivity contribution in [2.45, 2.75) is 20.3 Å². The number of hydrogen-bond acceptors (Lipinski definition) is 5. The molecule has 6 nitrogen and oxygen atoms in total. The van der Waals surface area contributed by atoms with Crippen LogP contribution in [0, 0.1) is 5.92 Å². The second-order valence-electron chi connectivity index (χ2n) is 5.49. The van der Waals surface area contributed by atoms with Crippen LogP contribution in [-0.2, 0) is 11.8 Å². The second-order valence-corrected chi connectivity index (χ2v) is 6.35. The normalized spacial score (nSPS) is 11.1. The number of aryl methyl sites for hydroxylation is 1. The van der Waals surface area contributed by atoms with Gasteiger partial charge in [0.1, 0.15) is 10.7 Å². The zero-order chi connectivity index (χ0) is 15.9. The Labute approximate surface area is 134 Å². The Kier molecular flexibility index (Phi) is 6.09. The first kappa shape index (κ1) is 16.6. The molecule has 7 heteroatoms. The van der Waals surface area contributed by atoms with E-state index in [-0.39, 0.29) is 5.91 Å². The molecule has 0 radical (unpaired) electrons. The summed E-state index contributed by atoms with van der Waals surface area (Å²) in [6.45, 7) is 6.07. The van der Waals surface area contributed by atoms with Gasteiger partial charge < -0.3 is 10.1 Å². The third kappa shape index (κ3) is 4.92. The van der Waals surface area contributed by atoms with E-state index in [9.17, 15) is 4.79 Å². The first-order chi connectivity index (χ1) is 10.6. The van der Waals surface area contributed by atoms with Crippen LogP contribution in [0.1, 0.15) is 30.8 Å². The molecule has 0 aliphatic rings. The van der Waals surface area contributed by atoms with Gasteiger partial charge in [-0.15, -0.1) is 11.3 Å². The summed E-state index contributed by atoms with van der Waals surface area (Å²) in [6.07, 6.45) is 4.65. The van der Waals surface area contributed by atoms with Gasteiger partial charge in [0.15, 0.2) is 0 Å². The minimum Gasteiger partial charge on any atom is -0.380 e. The van der Waals surface area contributed by atoms with Crippen LogP contribution in [-0.4, -0.2) is 40.4 Å². The average Bonchev–Trinajstić information content (AvgIpc) is 3.10. The summed E-state index contributed by atoms with van der Waals surface area (Å²) in [7, 11) is 1.85. The van der Waals surface area contributed by atoms with E-state index in [1.54, 1.807) is 16.3 Å². The van der Waals surface area contributed by atoms with Crippen LogP contribution in [0.5, 0.6) is 0 Å². The van der Waals surface area contributed by atoms with E-state index in [1.165, 1.54) is 11.3 Å². The van der Waals surface area contributed by atoms with Crippen LogP contribution in [0.3, 0.4) is 0 Å². The van der Waals surface area contributed by atoms with Gasteiger partial charge in [0.25, 0.3) is 5.91 Å². The molecule has 1 N–H and O–H groups in total. The van der Waals surface area contributed by atoms with Crippen molar-refractivity contribution in [3.8, 4) is 10.6 Å². The first-order valence-electron chi connectivity index (χ1n) is 7.36. The third-order valence-corrected chi connectivity index (χ3v) is 3.95. The molecule has 0 atom stereocenters. The fourth-order valence-electron chi connectivity index (χ4n) is 1.79. The summed E-state index contributed by atoms with van der Waals surface area (Å²) in [5.41, 5.74) is 1.36. The van der Waals surface area contributed by atoms with Crippen molar-refractivity contribution in [3.63, 3.8) is 0 Å². The van der Waals surface area contributed by atoms with Crippen LogP contribution >= 0.6 is 11.3 Å². The summed E-state index contributed by atoms with van der Waals surface area (Å²) in [5, 5.41) is 9.48. The fraction of sp³-hybridized carbons (Fsp3) is 0.533. The number of ether oxygens (including phenoxy) is 1. The SMILES string of the molecule is CC(C)CCOCCNC(=O)c1csc(-c2cnn(C)c2)n1. The van der Waals surface area contributed by atoms with Crippen LogP contribution in [0.25, 0.3) is 10.6 Å². The monoisotopic (exact) mass is 322 g/mol. The van der Waals surface area contributed by atoms with Crippen LogP contribution < -0.4 is 5.32 Å². The average molecular weight is 322 g/mol. The Hall–Kier alpha value is -1.73. The minimum absolute atomic E-state index is 0.168. The predicted molar refractivity (Wildman–Crippen MR) is 86.9 cm³/mol. The number of amides is 1. The lowest BCUT2D eigenvalue weighted by atomic mass is 10.1. The number of rotatable bonds is 8. The highest BCUT2D eigenvalue weighted by Gasteiger charge is 2.12. The summed E-state index contributed by atoms with van der Waals surface area (Å²) >= 11 is 1.44. The molecule has 0 unspecified atom stereocenters. The van der Waals surface area contributed by atoms with E-state index < -0.39 is 0 Å². The highest BCUT2D eigenvalue weighted by atomic mass is 32.1. The standard InChI is InChI=1S/C15H22N4O2S/c1-11(2)4-6-21-7-5-16-14(20)13-10-22-15(18-13)12-8-17-19(3)9-12/h8-11H,4-7H2,1-3H3,(H,16,20). The molecule has 0 saturated carbocycles. The lowest BCUT2D eigenvalue weighted by Gasteiger charge is -2.06. The Balaban J connectivity index is 1.75. The van der Waals surface area contributed by atoms with Crippen molar-refractivity contribution in [2.75, 3.05) is 19.8 Å². The van der Waals surface area contributed by atoms with E-state index in [0.29, 0.717) is 24.8 Å². The predicted octanol–water partition coefficient (Wildman–Crippen LogP) is 2.34. The second kappa shape index (κ2) is 8.05. The highest BCUT2D eigenvalue weighted by molar-refractivity contribution is 7.13. The van der Waals surface area contributed by atoms with Crippen LogP contribution in [0.15, 0.2) is 17.8 Å². The van der Waals surface area contributed by atoms with Crippen molar-refractivity contribution in [1.29, 1.82) is 0 Å². The Morgan fingerprint density at radius 3 is 2.95 bits per heavy atom. The Morgan fingerprint density at radius 2 is 2.27 bits per heavy atom. The van der Waals surface area contributed by atoms with Crippen LogP contribution in [0.4, 0.5) is 0 Å². The number of aromatic nitrogens is 3. The zero-order valence-corrected chi connectivity index (χ0v) is 14.0. The van der Waals surface area contributed by atoms with Gasteiger partial charge >= 0.3 is 0 Å². The molecule has 0 fully saturated rings. The number of carbonyl (C=O) groups excluding carboxylic acids is 1. The van der Waals surface area contributed by atoms with Crippen LogP contribution in [0.2, 0.25) is 0 Å². The first-order valence-corrected chi connectivity index (χ1v) is 8.24. The number of hydrogen-bond donors (Lipinski definition) is 1. The maximum atomic E-state index is 12.0. The van der Waals surface area contributed by atoms with Gasteiger partial charge in [0.05, 0.1) is 12.8 Å². The smallest absolute Gasteiger partial charge is 0.270 e. The fourth-order valence-corrected chi connectivity index (χ4v) is 2.57. The van der Waals surface area contributed by atoms with Crippen molar-refractivity contribution in [1.82, 2.24) is 20.1 Å². The zero-order valence-electron chi connectivity index (χ0n) is 13.2. The van der Waals surface area contributed by atoms with Crippen molar-refractivity contribution >= 4 is 17.2 Å². The van der Waals surface area contributed by atoms with Crippen molar-refractivity contribution in [2.24, 2.45) is 13.0 Å². The number of thiazole rings is 1. The molecule has 0 saturated heterocycles. The number of nitrogens with zero attached hydrogens (tertiary/aromatic N) is 3. The third-order valence-electron chi connectivity index (χ3n) is 3.06. The molecule has 120 valence electrons. The van der Waals surface area contributed by atoms with Gasteiger partial charge in [0, 0.05) is 37.3 Å². The largest absolute Gasteiger partial charge is 0.380 e. The molecule has 0 aliphatic heterocycles. The molecule has 22 heavy (non-hydrogen) atoms. The van der Waals surface area contributed by atoms with E-state index in [2.05, 4.69) is 29.2 Å². The summed E-state index contributed by atoms with van der Waals surface area (Å²) in [6, 6.07) is 0. The van der Waals surface area contributed by atoms with E-state index in [4.69, 9.17) is 4.74 Å². The lowest BCUT2D eigenvalue weighted by Crippen LogP contribution is -2.27. The molecule has 0 aromatic carbocycles. The van der Waals surface area contributed by atoms with Gasteiger partial charge in [-0.1, -0.05) is 13.8 Å². The molecule has 2 aromatic rings. The molecule has 0 spiro atoms. The topological polar surface area (TPSA) is 69.0 Å². The van der Waals surface area contributed by atoms with E-state index in [1.807, 2.05) is 13.2 Å². The molecule has 0 aliphatic carbocycles. The van der Waals surface area contributed by atoms with Gasteiger partial charge in [-0.2, -0.15) is 5.10 Å². The quantitative estimate of drug-likeness (QED) is 0.757. The number of carbonyl (C=O) groups is 1. The maximum absolute atomic E-state index is 12.0. The summed E-state index contributed by atoms with van der Waals surface area (Å²) in [4.78, 5) is 16.3. The van der Waals surface area contributed by atoms with Crippen molar-refractivity contribution in [3.05, 3.63) is 23.5 Å².